The van der Waals surface area contributed by atoms with Crippen LogP contribution in [0.1, 0.15) is 32.6 Å². The summed E-state index contributed by atoms with van der Waals surface area (Å²) in [6.45, 7) is 1.96. The van der Waals surface area contributed by atoms with Gasteiger partial charge in [-0.1, -0.05) is 19.3 Å². The van der Waals surface area contributed by atoms with E-state index in [0.717, 1.165) is 6.42 Å². The summed E-state index contributed by atoms with van der Waals surface area (Å²) >= 11 is 0. The fraction of sp³-hybridized carbons (Fsp3) is 0.636. The van der Waals surface area contributed by atoms with Crippen LogP contribution in [0.2, 0.25) is 0 Å². The standard InChI is InChI=1S/C11H16N2O3/c1-3-5-8(4-2)12-10(16)13-11(6-7-11)9(14)15/h2,8H,3,5-7H2,1H3,(H,14,15)(H2,12,13,16). The maximum absolute atomic E-state index is 11.5. The highest BCUT2D eigenvalue weighted by molar-refractivity contribution is 5.89. The van der Waals surface area contributed by atoms with Gasteiger partial charge >= 0.3 is 12.0 Å². The van der Waals surface area contributed by atoms with Crippen molar-refractivity contribution in [3.8, 4) is 12.3 Å². The Morgan fingerprint density at radius 3 is 2.56 bits per heavy atom. The van der Waals surface area contributed by atoms with Crippen LogP contribution in [0.15, 0.2) is 0 Å². The molecule has 0 aromatic heterocycles. The van der Waals surface area contributed by atoms with Gasteiger partial charge in [-0.05, 0) is 19.3 Å². The van der Waals surface area contributed by atoms with Crippen LogP contribution < -0.4 is 10.6 Å². The van der Waals surface area contributed by atoms with Gasteiger partial charge in [-0.25, -0.2) is 9.59 Å². The first kappa shape index (κ1) is 12.4. The maximum atomic E-state index is 11.5. The van der Waals surface area contributed by atoms with E-state index in [1.807, 2.05) is 6.92 Å². The molecule has 1 unspecified atom stereocenters. The number of terminal acetylenes is 1. The zero-order valence-electron chi connectivity index (χ0n) is 9.25. The molecule has 3 N–H and O–H groups in total. The number of hydrogen-bond acceptors (Lipinski definition) is 2. The molecular formula is C11H16N2O3. The molecule has 5 nitrogen and oxygen atoms in total. The Hall–Kier alpha value is -1.70. The first-order chi connectivity index (χ1) is 7.54. The van der Waals surface area contributed by atoms with Gasteiger partial charge in [0.2, 0.25) is 0 Å². The molecule has 0 radical (unpaired) electrons. The van der Waals surface area contributed by atoms with Crippen molar-refractivity contribution in [2.45, 2.75) is 44.2 Å². The second-order valence-corrected chi connectivity index (χ2v) is 3.99. The van der Waals surface area contributed by atoms with Gasteiger partial charge in [-0.2, -0.15) is 0 Å². The minimum absolute atomic E-state index is 0.338. The summed E-state index contributed by atoms with van der Waals surface area (Å²) in [5.41, 5.74) is -1.06. The summed E-state index contributed by atoms with van der Waals surface area (Å²) < 4.78 is 0. The van der Waals surface area contributed by atoms with Gasteiger partial charge in [-0.15, -0.1) is 6.42 Å². The lowest BCUT2D eigenvalue weighted by atomic mass is 10.2. The van der Waals surface area contributed by atoms with Crippen molar-refractivity contribution < 1.29 is 14.7 Å². The molecule has 0 aromatic rings. The van der Waals surface area contributed by atoms with Crippen molar-refractivity contribution in [2.24, 2.45) is 0 Å². The number of rotatable bonds is 5. The Kier molecular flexibility index (Phi) is 3.78. The Bertz CT molecular complexity index is 329. The first-order valence-electron chi connectivity index (χ1n) is 5.32. The third-order valence-corrected chi connectivity index (χ3v) is 2.60. The van der Waals surface area contributed by atoms with E-state index in [0.29, 0.717) is 19.3 Å². The molecule has 88 valence electrons. The molecule has 0 bridgehead atoms. The summed E-state index contributed by atoms with van der Waals surface area (Å²) in [7, 11) is 0. The van der Waals surface area contributed by atoms with E-state index in [2.05, 4.69) is 16.6 Å². The van der Waals surface area contributed by atoms with Crippen molar-refractivity contribution in [2.75, 3.05) is 0 Å². The average Bonchev–Trinajstić information content (AvgIpc) is 2.98. The maximum Gasteiger partial charge on any atom is 0.329 e. The lowest BCUT2D eigenvalue weighted by Crippen LogP contribution is -2.50. The molecule has 1 fully saturated rings. The topological polar surface area (TPSA) is 78.4 Å². The number of urea groups is 1. The molecule has 1 aliphatic carbocycles. The molecule has 0 saturated heterocycles. The molecule has 1 rings (SSSR count). The molecule has 0 spiro atoms. The van der Waals surface area contributed by atoms with Crippen molar-refractivity contribution >= 4 is 12.0 Å². The van der Waals surface area contributed by atoms with E-state index in [1.54, 1.807) is 0 Å². The van der Waals surface area contributed by atoms with E-state index in [1.165, 1.54) is 0 Å². The number of carbonyl (C=O) groups is 2. The summed E-state index contributed by atoms with van der Waals surface area (Å²) in [4.78, 5) is 22.3. The molecule has 2 amide bonds. The third kappa shape index (κ3) is 2.89. The van der Waals surface area contributed by atoms with E-state index in [9.17, 15) is 9.59 Å². The Morgan fingerprint density at radius 2 is 2.19 bits per heavy atom. The van der Waals surface area contributed by atoms with Gasteiger partial charge in [0.25, 0.3) is 0 Å². The van der Waals surface area contributed by atoms with Crippen LogP contribution in [0.5, 0.6) is 0 Å². The van der Waals surface area contributed by atoms with Gasteiger partial charge in [0.1, 0.15) is 5.54 Å². The molecule has 1 aliphatic rings. The lowest BCUT2D eigenvalue weighted by Gasteiger charge is -2.16. The minimum atomic E-state index is -1.06. The monoisotopic (exact) mass is 224 g/mol. The predicted octanol–water partition coefficient (Wildman–Crippen LogP) is 0.705. The van der Waals surface area contributed by atoms with Crippen molar-refractivity contribution in [1.82, 2.24) is 10.6 Å². The molecule has 5 heteroatoms. The Labute approximate surface area is 94.6 Å². The Balaban J connectivity index is 2.42. The van der Waals surface area contributed by atoms with Gasteiger partial charge in [-0.3, -0.25) is 0 Å². The van der Waals surface area contributed by atoms with Crippen molar-refractivity contribution in [1.29, 1.82) is 0 Å². The number of hydrogen-bond donors (Lipinski definition) is 3. The van der Waals surface area contributed by atoms with Gasteiger partial charge < -0.3 is 15.7 Å². The fourth-order valence-corrected chi connectivity index (χ4v) is 1.41. The third-order valence-electron chi connectivity index (χ3n) is 2.60. The number of carboxylic acid groups (broad SMARTS) is 1. The summed E-state index contributed by atoms with van der Waals surface area (Å²) in [6.07, 6.45) is 7.74. The minimum Gasteiger partial charge on any atom is -0.480 e. The number of amides is 2. The van der Waals surface area contributed by atoms with E-state index < -0.39 is 17.5 Å². The van der Waals surface area contributed by atoms with Crippen LogP contribution in [0.3, 0.4) is 0 Å². The lowest BCUT2D eigenvalue weighted by molar-refractivity contribution is -0.140. The zero-order chi connectivity index (χ0) is 12.2. The normalized spacial score (nSPS) is 18.0. The molecular weight excluding hydrogens is 208 g/mol. The number of carbonyl (C=O) groups excluding carboxylic acids is 1. The second kappa shape index (κ2) is 4.88. The largest absolute Gasteiger partial charge is 0.480 e. The number of nitrogens with one attached hydrogen (secondary N) is 2. The highest BCUT2D eigenvalue weighted by Crippen LogP contribution is 2.35. The highest BCUT2D eigenvalue weighted by Gasteiger charge is 2.51. The average molecular weight is 224 g/mol. The highest BCUT2D eigenvalue weighted by atomic mass is 16.4. The van der Waals surface area contributed by atoms with Gasteiger partial charge in [0.05, 0.1) is 6.04 Å². The van der Waals surface area contributed by atoms with Crippen LogP contribution >= 0.6 is 0 Å². The summed E-state index contributed by atoms with van der Waals surface area (Å²) in [5.74, 6) is 1.46. The molecule has 16 heavy (non-hydrogen) atoms. The van der Waals surface area contributed by atoms with Crippen LogP contribution in [0.25, 0.3) is 0 Å². The first-order valence-corrected chi connectivity index (χ1v) is 5.32. The SMILES string of the molecule is C#CC(CCC)NC(=O)NC1(C(=O)O)CC1. The predicted molar refractivity (Wildman–Crippen MR) is 58.8 cm³/mol. The molecule has 1 atom stereocenters. The summed E-state index contributed by atoms with van der Waals surface area (Å²) in [5, 5.41) is 13.9. The van der Waals surface area contributed by atoms with Crippen LogP contribution in [0.4, 0.5) is 4.79 Å². The van der Waals surface area contributed by atoms with Gasteiger partial charge in [0.15, 0.2) is 0 Å². The van der Waals surface area contributed by atoms with E-state index >= 15 is 0 Å². The van der Waals surface area contributed by atoms with Crippen LogP contribution in [0, 0.1) is 12.3 Å². The van der Waals surface area contributed by atoms with Crippen molar-refractivity contribution in [3.63, 3.8) is 0 Å². The molecule has 0 heterocycles. The van der Waals surface area contributed by atoms with Gasteiger partial charge in [0, 0.05) is 0 Å². The Morgan fingerprint density at radius 1 is 1.56 bits per heavy atom. The molecule has 0 aliphatic heterocycles. The quantitative estimate of drug-likeness (QED) is 0.602. The van der Waals surface area contributed by atoms with E-state index in [4.69, 9.17) is 11.5 Å². The van der Waals surface area contributed by atoms with Crippen molar-refractivity contribution in [3.05, 3.63) is 0 Å². The smallest absolute Gasteiger partial charge is 0.329 e. The molecule has 1 saturated carbocycles. The zero-order valence-corrected chi connectivity index (χ0v) is 9.25. The number of carboxylic acids is 1. The van der Waals surface area contributed by atoms with Crippen LogP contribution in [-0.4, -0.2) is 28.7 Å². The molecule has 0 aromatic carbocycles. The summed E-state index contributed by atoms with van der Waals surface area (Å²) in [6, 6.07) is -0.842. The fourth-order valence-electron chi connectivity index (χ4n) is 1.41. The van der Waals surface area contributed by atoms with E-state index in [-0.39, 0.29) is 6.04 Å². The van der Waals surface area contributed by atoms with Crippen LogP contribution in [-0.2, 0) is 4.79 Å². The number of aliphatic carboxylic acids is 1. The second-order valence-electron chi connectivity index (χ2n) is 3.99.